The Hall–Kier alpha value is -2.57. The van der Waals surface area contributed by atoms with E-state index in [1.54, 1.807) is 4.90 Å². The van der Waals surface area contributed by atoms with Gasteiger partial charge in [-0.05, 0) is 55.2 Å². The lowest BCUT2D eigenvalue weighted by Crippen LogP contribution is -2.52. The fraction of sp³-hybridized carbons (Fsp3) is 0.333. The number of rotatable bonds is 10. The summed E-state index contributed by atoms with van der Waals surface area (Å²) in [6.07, 6.45) is 4.78. The van der Waals surface area contributed by atoms with E-state index in [9.17, 15) is 9.59 Å². The molecule has 0 aromatic heterocycles. The monoisotopic (exact) mass is 564 g/mol. The van der Waals surface area contributed by atoms with Gasteiger partial charge in [0.15, 0.2) is 0 Å². The van der Waals surface area contributed by atoms with E-state index in [1.807, 2.05) is 66.7 Å². The van der Waals surface area contributed by atoms with Crippen LogP contribution in [0, 0.1) is 6.92 Å². The smallest absolute Gasteiger partial charge is 0.243 e. The molecule has 1 atom stereocenters. The summed E-state index contributed by atoms with van der Waals surface area (Å²) in [7, 11) is 0. The lowest BCUT2D eigenvalue weighted by Gasteiger charge is -2.32. The fourth-order valence-electron chi connectivity index (χ4n) is 4.62. The summed E-state index contributed by atoms with van der Waals surface area (Å²) < 4.78 is 0.955. The maximum absolute atomic E-state index is 13.8. The van der Waals surface area contributed by atoms with Crippen molar-refractivity contribution in [1.29, 1.82) is 0 Å². The molecule has 1 aliphatic carbocycles. The van der Waals surface area contributed by atoms with Crippen molar-refractivity contribution in [3.63, 3.8) is 0 Å². The van der Waals surface area contributed by atoms with Crippen molar-refractivity contribution in [2.24, 2.45) is 0 Å². The molecule has 1 N–H and O–H groups in total. The first kappa shape index (κ1) is 26.5. The Morgan fingerprint density at radius 3 is 2.36 bits per heavy atom. The zero-order chi connectivity index (χ0) is 25.3. The van der Waals surface area contributed by atoms with Gasteiger partial charge in [-0.2, -0.15) is 0 Å². The van der Waals surface area contributed by atoms with E-state index < -0.39 is 6.04 Å². The predicted octanol–water partition coefficient (Wildman–Crippen LogP) is 6.55. The molecule has 1 fully saturated rings. The topological polar surface area (TPSA) is 49.4 Å². The maximum Gasteiger partial charge on any atom is 0.243 e. The van der Waals surface area contributed by atoms with E-state index >= 15 is 0 Å². The molecule has 0 heterocycles. The van der Waals surface area contributed by atoms with Crippen LogP contribution in [0.15, 0.2) is 88.2 Å². The summed E-state index contributed by atoms with van der Waals surface area (Å²) in [5.41, 5.74) is 3.22. The quantitative estimate of drug-likeness (QED) is 0.284. The average Bonchev–Trinajstić information content (AvgIpc) is 3.39. The summed E-state index contributed by atoms with van der Waals surface area (Å²) in [6, 6.07) is 25.7. The molecule has 0 saturated heterocycles. The van der Waals surface area contributed by atoms with Gasteiger partial charge in [0.2, 0.25) is 11.8 Å². The number of nitrogens with one attached hydrogen (secondary N) is 1. The number of benzene rings is 3. The number of aryl methyl sites for hydroxylation is 1. The highest BCUT2D eigenvalue weighted by Gasteiger charge is 2.32. The summed E-state index contributed by atoms with van der Waals surface area (Å²) in [5.74, 6) is 0.177. The van der Waals surface area contributed by atoms with Gasteiger partial charge < -0.3 is 10.2 Å². The Labute approximate surface area is 227 Å². The molecule has 3 aromatic rings. The minimum atomic E-state index is -0.585. The van der Waals surface area contributed by atoms with Gasteiger partial charge in [0.25, 0.3) is 0 Å². The van der Waals surface area contributed by atoms with Gasteiger partial charge in [-0.1, -0.05) is 88.9 Å². The van der Waals surface area contributed by atoms with E-state index in [1.165, 1.54) is 17.3 Å². The third kappa shape index (κ3) is 7.71. The average molecular weight is 566 g/mol. The zero-order valence-corrected chi connectivity index (χ0v) is 23.1. The maximum atomic E-state index is 13.8. The molecular weight excluding hydrogens is 532 g/mol. The minimum absolute atomic E-state index is 0.0388. The van der Waals surface area contributed by atoms with E-state index in [2.05, 4.69) is 40.3 Å². The first-order valence-corrected chi connectivity index (χ1v) is 14.3. The Morgan fingerprint density at radius 1 is 0.972 bits per heavy atom. The molecule has 1 aliphatic rings. The number of nitrogens with zero attached hydrogens (tertiary/aromatic N) is 1. The van der Waals surface area contributed by atoms with Crippen LogP contribution in [0.3, 0.4) is 0 Å². The summed E-state index contributed by atoms with van der Waals surface area (Å²) in [6.45, 7) is 2.43. The van der Waals surface area contributed by atoms with Crippen LogP contribution in [0.25, 0.3) is 0 Å². The second kappa shape index (κ2) is 13.1. The highest BCUT2D eigenvalue weighted by atomic mass is 79.9. The van der Waals surface area contributed by atoms with Crippen molar-refractivity contribution in [2.45, 2.75) is 62.6 Å². The summed E-state index contributed by atoms with van der Waals surface area (Å²) in [4.78, 5) is 30.3. The van der Waals surface area contributed by atoms with E-state index in [4.69, 9.17) is 0 Å². The van der Waals surface area contributed by atoms with Gasteiger partial charge in [0.05, 0.1) is 5.75 Å². The van der Waals surface area contributed by atoms with Crippen molar-refractivity contribution < 1.29 is 9.59 Å². The molecule has 0 bridgehead atoms. The lowest BCUT2D eigenvalue weighted by molar-refractivity contribution is -0.139. The van der Waals surface area contributed by atoms with Gasteiger partial charge >= 0.3 is 0 Å². The molecule has 6 heteroatoms. The molecule has 0 unspecified atom stereocenters. The van der Waals surface area contributed by atoms with Gasteiger partial charge in [-0.15, -0.1) is 11.8 Å². The lowest BCUT2D eigenvalue weighted by atomic mass is 10.0. The van der Waals surface area contributed by atoms with E-state index in [0.717, 1.165) is 46.2 Å². The van der Waals surface area contributed by atoms with Crippen molar-refractivity contribution in [1.82, 2.24) is 10.2 Å². The van der Waals surface area contributed by atoms with Crippen LogP contribution in [-0.2, 0) is 22.6 Å². The highest BCUT2D eigenvalue weighted by molar-refractivity contribution is 9.10. The van der Waals surface area contributed by atoms with Crippen LogP contribution in [0.2, 0.25) is 0 Å². The van der Waals surface area contributed by atoms with Gasteiger partial charge in [-0.3, -0.25) is 9.59 Å². The molecule has 2 amide bonds. The molecule has 3 aromatic carbocycles. The number of carbonyl (C=O) groups excluding carboxylic acids is 2. The van der Waals surface area contributed by atoms with Crippen LogP contribution in [0.4, 0.5) is 0 Å². The number of amides is 2. The van der Waals surface area contributed by atoms with Crippen LogP contribution >= 0.6 is 27.7 Å². The second-order valence-corrected chi connectivity index (χ2v) is 11.4. The van der Waals surface area contributed by atoms with Crippen molar-refractivity contribution in [3.05, 3.63) is 100 Å². The molecule has 4 nitrogen and oxygen atoms in total. The SMILES string of the molecule is Cc1ccc(SCC(=O)N(Cc2cccc(Br)c2)[C@H](Cc2ccccc2)C(=O)NC2CCCC2)cc1. The van der Waals surface area contributed by atoms with Crippen LogP contribution in [0.5, 0.6) is 0 Å². The molecule has 188 valence electrons. The number of hydrogen-bond acceptors (Lipinski definition) is 3. The molecular formula is C30H33BrN2O2S. The molecule has 36 heavy (non-hydrogen) atoms. The highest BCUT2D eigenvalue weighted by Crippen LogP contribution is 2.23. The molecule has 1 saturated carbocycles. The molecule has 0 aliphatic heterocycles. The van der Waals surface area contributed by atoms with Crippen LogP contribution in [0.1, 0.15) is 42.4 Å². The van der Waals surface area contributed by atoms with Crippen LogP contribution in [-0.4, -0.2) is 34.6 Å². The number of carbonyl (C=O) groups is 2. The zero-order valence-electron chi connectivity index (χ0n) is 20.7. The van der Waals surface area contributed by atoms with Gasteiger partial charge in [0, 0.05) is 28.4 Å². The first-order valence-electron chi connectivity index (χ1n) is 12.6. The third-order valence-electron chi connectivity index (χ3n) is 6.60. The summed E-state index contributed by atoms with van der Waals surface area (Å²) in [5, 5.41) is 3.26. The molecule has 4 rings (SSSR count). The van der Waals surface area contributed by atoms with E-state index in [0.29, 0.717) is 13.0 Å². The third-order valence-corrected chi connectivity index (χ3v) is 8.09. The fourth-order valence-corrected chi connectivity index (χ4v) is 5.85. The van der Waals surface area contributed by atoms with Gasteiger partial charge in [0.1, 0.15) is 6.04 Å². The number of thioether (sulfide) groups is 1. The first-order chi connectivity index (χ1) is 17.5. The normalized spacial score (nSPS) is 14.4. The molecule has 0 radical (unpaired) electrons. The predicted molar refractivity (Wildman–Crippen MR) is 151 cm³/mol. The van der Waals surface area contributed by atoms with Gasteiger partial charge in [-0.25, -0.2) is 0 Å². The Balaban J connectivity index is 1.60. The van der Waals surface area contributed by atoms with Crippen LogP contribution < -0.4 is 5.32 Å². The van der Waals surface area contributed by atoms with Crippen molar-refractivity contribution >= 4 is 39.5 Å². The largest absolute Gasteiger partial charge is 0.352 e. The Morgan fingerprint density at radius 2 is 1.67 bits per heavy atom. The Kier molecular flexibility index (Phi) is 9.65. The Bertz CT molecular complexity index is 1150. The standard InChI is InChI=1S/C30H33BrN2O2S/c1-22-14-16-27(17-15-22)36-21-29(34)33(20-24-10-7-11-25(31)18-24)28(19-23-8-3-2-4-9-23)30(35)32-26-12-5-6-13-26/h2-4,7-11,14-18,26,28H,5-6,12-13,19-21H2,1H3,(H,32,35)/t28-/m1/s1. The number of halogens is 1. The van der Waals surface area contributed by atoms with Crippen molar-refractivity contribution in [2.75, 3.05) is 5.75 Å². The van der Waals surface area contributed by atoms with E-state index in [-0.39, 0.29) is 23.6 Å². The minimum Gasteiger partial charge on any atom is -0.352 e. The second-order valence-electron chi connectivity index (χ2n) is 9.45. The van der Waals surface area contributed by atoms with Crippen molar-refractivity contribution in [3.8, 4) is 0 Å². The summed E-state index contributed by atoms with van der Waals surface area (Å²) >= 11 is 5.06. The number of hydrogen-bond donors (Lipinski definition) is 1. The molecule has 0 spiro atoms.